The summed E-state index contributed by atoms with van der Waals surface area (Å²) < 4.78 is 11.2. The van der Waals surface area contributed by atoms with Gasteiger partial charge < -0.3 is 24.0 Å². The lowest BCUT2D eigenvalue weighted by atomic mass is 10.1. The Morgan fingerprint density at radius 1 is 0.800 bits per heavy atom. The molecule has 0 spiro atoms. The molecule has 6 rings (SSSR count). The Labute approximate surface area is 207 Å². The zero-order valence-electron chi connectivity index (χ0n) is 18.8. The summed E-state index contributed by atoms with van der Waals surface area (Å²) in [6.45, 7) is 3.38. The van der Waals surface area contributed by atoms with Gasteiger partial charge >= 0.3 is 0 Å². The van der Waals surface area contributed by atoms with Gasteiger partial charge in [-0.3, -0.25) is 0 Å². The SMILES string of the molecule is S=C(Nc1ccc2nc(-c3ccco3)c(-c3ccco3)nc2c1)N1CCN(c2ccccn2)CC1. The van der Waals surface area contributed by atoms with Crippen LogP contribution in [-0.2, 0) is 0 Å². The Morgan fingerprint density at radius 3 is 2.14 bits per heavy atom. The minimum atomic E-state index is 0.628. The van der Waals surface area contributed by atoms with Gasteiger partial charge in [-0.15, -0.1) is 0 Å². The Morgan fingerprint density at radius 2 is 1.51 bits per heavy atom. The number of fused-ring (bicyclic) bond motifs is 1. The molecular formula is C26H22N6O2S. The van der Waals surface area contributed by atoms with Crippen LogP contribution in [0, 0.1) is 0 Å². The first kappa shape index (κ1) is 21.3. The maximum atomic E-state index is 5.72. The van der Waals surface area contributed by atoms with Crippen LogP contribution in [0.5, 0.6) is 0 Å². The third-order valence-corrected chi connectivity index (χ3v) is 6.33. The number of nitrogens with zero attached hydrogens (tertiary/aromatic N) is 5. The molecule has 8 nitrogen and oxygen atoms in total. The number of furan rings is 2. The van der Waals surface area contributed by atoms with Gasteiger partial charge in [-0.25, -0.2) is 15.0 Å². The fourth-order valence-electron chi connectivity index (χ4n) is 4.18. The summed E-state index contributed by atoms with van der Waals surface area (Å²) in [5, 5.41) is 4.06. The van der Waals surface area contributed by atoms with Crippen molar-refractivity contribution in [2.24, 2.45) is 0 Å². The molecule has 0 amide bonds. The first-order valence-corrected chi connectivity index (χ1v) is 11.8. The third-order valence-electron chi connectivity index (χ3n) is 5.96. The smallest absolute Gasteiger partial charge is 0.173 e. The van der Waals surface area contributed by atoms with Crippen molar-refractivity contribution >= 4 is 39.9 Å². The Bertz CT molecular complexity index is 1450. The van der Waals surface area contributed by atoms with Crippen molar-refractivity contribution in [2.45, 2.75) is 0 Å². The Balaban J connectivity index is 1.22. The lowest BCUT2D eigenvalue weighted by Crippen LogP contribution is -2.50. The van der Waals surface area contributed by atoms with Crippen LogP contribution in [0.2, 0.25) is 0 Å². The second-order valence-electron chi connectivity index (χ2n) is 8.17. The highest BCUT2D eigenvalue weighted by atomic mass is 32.1. The highest BCUT2D eigenvalue weighted by Gasteiger charge is 2.21. The van der Waals surface area contributed by atoms with E-state index in [2.05, 4.69) is 20.1 Å². The van der Waals surface area contributed by atoms with Crippen LogP contribution in [0.25, 0.3) is 33.9 Å². The van der Waals surface area contributed by atoms with E-state index in [9.17, 15) is 0 Å². The van der Waals surface area contributed by atoms with Gasteiger partial charge in [0.1, 0.15) is 17.2 Å². The summed E-state index contributed by atoms with van der Waals surface area (Å²) in [6.07, 6.45) is 5.07. The molecule has 35 heavy (non-hydrogen) atoms. The van der Waals surface area contributed by atoms with Crippen molar-refractivity contribution < 1.29 is 8.83 Å². The number of nitrogens with one attached hydrogen (secondary N) is 1. The zero-order chi connectivity index (χ0) is 23.6. The third kappa shape index (κ3) is 4.33. The summed E-state index contributed by atoms with van der Waals surface area (Å²) in [5.41, 5.74) is 3.62. The standard InChI is InChI=1S/C26H22N6O2S/c35-26(32-13-11-31(12-14-32)23-7-1-2-10-27-23)28-18-8-9-19-20(17-18)30-25(22-6-4-16-34-22)24(29-19)21-5-3-15-33-21/h1-10,15-17H,11-14H2,(H,28,35). The predicted octanol–water partition coefficient (Wildman–Crippen LogP) is 5.06. The molecule has 0 saturated carbocycles. The molecule has 0 bridgehead atoms. The average Bonchev–Trinajstić information content (AvgIpc) is 3.63. The van der Waals surface area contributed by atoms with Crippen molar-refractivity contribution in [3.05, 3.63) is 79.4 Å². The van der Waals surface area contributed by atoms with Gasteiger partial charge in [-0.1, -0.05) is 6.07 Å². The van der Waals surface area contributed by atoms with E-state index in [1.54, 1.807) is 12.5 Å². The number of aromatic nitrogens is 3. The number of piperazine rings is 1. The van der Waals surface area contributed by atoms with Crippen molar-refractivity contribution in [3.63, 3.8) is 0 Å². The maximum Gasteiger partial charge on any atom is 0.173 e. The van der Waals surface area contributed by atoms with Crippen LogP contribution in [0.1, 0.15) is 0 Å². The molecule has 5 aromatic rings. The number of hydrogen-bond donors (Lipinski definition) is 1. The highest BCUT2D eigenvalue weighted by molar-refractivity contribution is 7.80. The summed E-state index contributed by atoms with van der Waals surface area (Å²) in [6, 6.07) is 19.2. The molecule has 0 atom stereocenters. The molecule has 1 aromatic carbocycles. The van der Waals surface area contributed by atoms with Crippen LogP contribution < -0.4 is 10.2 Å². The summed E-state index contributed by atoms with van der Waals surface area (Å²) in [7, 11) is 0. The minimum absolute atomic E-state index is 0.628. The Hall–Kier alpha value is -4.24. The molecule has 174 valence electrons. The van der Waals surface area contributed by atoms with E-state index in [1.807, 2.05) is 66.9 Å². The quantitative estimate of drug-likeness (QED) is 0.353. The van der Waals surface area contributed by atoms with Gasteiger partial charge in [-0.2, -0.15) is 0 Å². The second-order valence-corrected chi connectivity index (χ2v) is 8.56. The fraction of sp³-hybridized carbons (Fsp3) is 0.154. The highest BCUT2D eigenvalue weighted by Crippen LogP contribution is 2.32. The molecule has 0 radical (unpaired) electrons. The van der Waals surface area contributed by atoms with Crippen molar-refractivity contribution in [2.75, 3.05) is 36.4 Å². The van der Waals surface area contributed by atoms with Crippen molar-refractivity contribution in [1.29, 1.82) is 0 Å². The van der Waals surface area contributed by atoms with E-state index in [-0.39, 0.29) is 0 Å². The number of rotatable bonds is 4. The summed E-state index contributed by atoms with van der Waals surface area (Å²) >= 11 is 5.72. The molecule has 5 heterocycles. The average molecular weight is 483 g/mol. The predicted molar refractivity (Wildman–Crippen MR) is 139 cm³/mol. The van der Waals surface area contributed by atoms with E-state index in [0.29, 0.717) is 28.0 Å². The van der Waals surface area contributed by atoms with Crippen LogP contribution >= 0.6 is 12.2 Å². The molecule has 0 unspecified atom stereocenters. The molecule has 4 aromatic heterocycles. The van der Waals surface area contributed by atoms with Gasteiger partial charge in [-0.05, 0) is 66.8 Å². The van der Waals surface area contributed by atoms with E-state index in [0.717, 1.165) is 48.7 Å². The van der Waals surface area contributed by atoms with E-state index in [1.165, 1.54) is 0 Å². The van der Waals surface area contributed by atoms with Gasteiger partial charge in [0.05, 0.1) is 23.6 Å². The van der Waals surface area contributed by atoms with Gasteiger partial charge in [0, 0.05) is 38.1 Å². The second kappa shape index (κ2) is 9.19. The van der Waals surface area contributed by atoms with Crippen molar-refractivity contribution in [3.8, 4) is 22.9 Å². The number of hydrogen-bond acceptors (Lipinski definition) is 7. The van der Waals surface area contributed by atoms with E-state index >= 15 is 0 Å². The van der Waals surface area contributed by atoms with Crippen LogP contribution in [0.4, 0.5) is 11.5 Å². The number of anilines is 2. The van der Waals surface area contributed by atoms with Gasteiger partial charge in [0.2, 0.25) is 0 Å². The lowest BCUT2D eigenvalue weighted by Gasteiger charge is -2.36. The molecule has 1 aliphatic heterocycles. The van der Waals surface area contributed by atoms with E-state index < -0.39 is 0 Å². The number of pyridine rings is 1. The monoisotopic (exact) mass is 482 g/mol. The van der Waals surface area contributed by atoms with Gasteiger partial charge in [0.15, 0.2) is 16.6 Å². The fourth-order valence-corrected chi connectivity index (χ4v) is 4.48. The largest absolute Gasteiger partial charge is 0.463 e. The maximum absolute atomic E-state index is 5.72. The Kier molecular flexibility index (Phi) is 5.59. The topological polar surface area (TPSA) is 83.5 Å². The molecule has 1 saturated heterocycles. The summed E-state index contributed by atoms with van der Waals surface area (Å²) in [4.78, 5) is 18.6. The minimum Gasteiger partial charge on any atom is -0.463 e. The number of thiocarbonyl (C=S) groups is 1. The zero-order valence-corrected chi connectivity index (χ0v) is 19.6. The van der Waals surface area contributed by atoms with Crippen LogP contribution in [0.3, 0.4) is 0 Å². The van der Waals surface area contributed by atoms with E-state index in [4.69, 9.17) is 31.0 Å². The molecule has 0 aliphatic carbocycles. The first-order valence-electron chi connectivity index (χ1n) is 11.4. The lowest BCUT2D eigenvalue weighted by molar-refractivity contribution is 0.389. The number of benzene rings is 1. The van der Waals surface area contributed by atoms with Crippen LogP contribution in [0.15, 0.2) is 88.2 Å². The first-order chi connectivity index (χ1) is 17.2. The van der Waals surface area contributed by atoms with Gasteiger partial charge in [0.25, 0.3) is 0 Å². The molecule has 1 fully saturated rings. The van der Waals surface area contributed by atoms with Crippen LogP contribution in [-0.4, -0.2) is 51.1 Å². The normalized spacial score (nSPS) is 13.8. The molecule has 1 aliphatic rings. The molecular weight excluding hydrogens is 460 g/mol. The van der Waals surface area contributed by atoms with Crippen molar-refractivity contribution in [1.82, 2.24) is 19.9 Å². The molecule has 1 N–H and O–H groups in total. The summed E-state index contributed by atoms with van der Waals surface area (Å²) in [5.74, 6) is 2.27. The molecule has 9 heteroatoms.